The Morgan fingerprint density at radius 1 is 1.30 bits per heavy atom. The van der Waals surface area contributed by atoms with Gasteiger partial charge in [0.05, 0.1) is 5.52 Å². The summed E-state index contributed by atoms with van der Waals surface area (Å²) in [4.78, 5) is 25.1. The van der Waals surface area contributed by atoms with Crippen LogP contribution >= 0.6 is 0 Å². The van der Waals surface area contributed by atoms with Gasteiger partial charge < -0.3 is 20.2 Å². The SMILES string of the molecule is NC(=O)N=Nc1c(=O)[nH]c2ccc3oc(O)ccc3c12. The quantitative estimate of drug-likeness (QED) is 0.585. The number of hydrogen-bond acceptors (Lipinski definition) is 5. The third-order valence-electron chi connectivity index (χ3n) is 2.76. The number of nitrogens with two attached hydrogens (primary N) is 1. The van der Waals surface area contributed by atoms with Gasteiger partial charge in [-0.3, -0.25) is 4.79 Å². The minimum absolute atomic E-state index is 0.0368. The van der Waals surface area contributed by atoms with E-state index in [-0.39, 0.29) is 11.6 Å². The highest BCUT2D eigenvalue weighted by Gasteiger charge is 2.14. The molecule has 0 aliphatic heterocycles. The number of fused-ring (bicyclic) bond motifs is 3. The van der Waals surface area contributed by atoms with Gasteiger partial charge in [-0.1, -0.05) is 5.11 Å². The zero-order valence-corrected chi connectivity index (χ0v) is 9.95. The summed E-state index contributed by atoms with van der Waals surface area (Å²) in [5.41, 5.74) is 5.22. The molecule has 3 aromatic rings. The number of urea groups is 1. The van der Waals surface area contributed by atoms with Crippen LogP contribution in [-0.2, 0) is 0 Å². The Labute approximate surface area is 110 Å². The van der Waals surface area contributed by atoms with Crippen LogP contribution in [0.4, 0.5) is 10.5 Å². The van der Waals surface area contributed by atoms with E-state index in [0.29, 0.717) is 21.9 Å². The van der Waals surface area contributed by atoms with Crippen molar-refractivity contribution in [2.75, 3.05) is 0 Å². The Balaban J connectivity index is 2.42. The summed E-state index contributed by atoms with van der Waals surface area (Å²) < 4.78 is 5.14. The monoisotopic (exact) mass is 272 g/mol. The van der Waals surface area contributed by atoms with Crippen LogP contribution in [0.1, 0.15) is 0 Å². The molecule has 0 radical (unpaired) electrons. The molecule has 0 atom stereocenters. The number of aromatic hydroxyl groups is 1. The molecule has 2 aromatic heterocycles. The predicted octanol–water partition coefficient (Wildman–Crippen LogP) is 2.14. The molecule has 0 fully saturated rings. The molecular weight excluding hydrogens is 264 g/mol. The molecule has 8 nitrogen and oxygen atoms in total. The average molecular weight is 272 g/mol. The number of hydrogen-bond donors (Lipinski definition) is 3. The molecule has 2 heterocycles. The van der Waals surface area contributed by atoms with Crippen LogP contribution in [0, 0.1) is 0 Å². The maximum absolute atomic E-state index is 11.8. The lowest BCUT2D eigenvalue weighted by molar-refractivity contribution is 0.255. The van der Waals surface area contributed by atoms with Crippen molar-refractivity contribution in [3.8, 4) is 5.95 Å². The van der Waals surface area contributed by atoms with Crippen molar-refractivity contribution in [3.63, 3.8) is 0 Å². The second-order valence-corrected chi connectivity index (χ2v) is 4.01. The number of nitrogens with one attached hydrogen (secondary N) is 1. The molecule has 4 N–H and O–H groups in total. The molecule has 1 aromatic carbocycles. The van der Waals surface area contributed by atoms with Gasteiger partial charge >= 0.3 is 6.03 Å². The molecule has 0 aliphatic rings. The number of H-pyrrole nitrogens is 1. The summed E-state index contributed by atoms with van der Waals surface area (Å²) in [6, 6.07) is 5.12. The number of aromatic nitrogens is 1. The van der Waals surface area contributed by atoms with Gasteiger partial charge in [0.2, 0.25) is 0 Å². The van der Waals surface area contributed by atoms with Crippen molar-refractivity contribution in [3.05, 3.63) is 34.6 Å². The number of primary amides is 1. The lowest BCUT2D eigenvalue weighted by atomic mass is 10.1. The van der Waals surface area contributed by atoms with E-state index in [9.17, 15) is 14.7 Å². The maximum atomic E-state index is 11.8. The molecule has 0 saturated carbocycles. The standard InChI is InChI=1S/C12H8N4O4/c13-12(19)16-15-10-9-5-1-4-8(17)20-7(5)3-2-6(9)14-11(10)18/h1-4,17H,(H2,13,19)(H,14,18). The van der Waals surface area contributed by atoms with Crippen LogP contribution in [0.15, 0.2) is 43.7 Å². The van der Waals surface area contributed by atoms with Crippen molar-refractivity contribution in [1.82, 2.24) is 4.98 Å². The Hall–Kier alpha value is -3.16. The number of benzene rings is 1. The summed E-state index contributed by atoms with van der Waals surface area (Å²) >= 11 is 0. The molecular formula is C12H8N4O4. The van der Waals surface area contributed by atoms with Gasteiger partial charge in [0.1, 0.15) is 5.58 Å². The fourth-order valence-electron chi connectivity index (χ4n) is 2.01. The van der Waals surface area contributed by atoms with Gasteiger partial charge in [0, 0.05) is 16.8 Å². The van der Waals surface area contributed by atoms with Crippen LogP contribution in [-0.4, -0.2) is 16.1 Å². The number of amides is 2. The number of carbonyl (C=O) groups is 1. The highest BCUT2D eigenvalue weighted by Crippen LogP contribution is 2.32. The van der Waals surface area contributed by atoms with Gasteiger partial charge in [0.15, 0.2) is 5.69 Å². The van der Waals surface area contributed by atoms with E-state index in [1.54, 1.807) is 18.2 Å². The number of nitrogens with zero attached hydrogens (tertiary/aromatic N) is 2. The van der Waals surface area contributed by atoms with Gasteiger partial charge in [-0.05, 0) is 18.2 Å². The number of azo groups is 1. The zero-order chi connectivity index (χ0) is 14.3. The van der Waals surface area contributed by atoms with Crippen molar-refractivity contribution in [2.45, 2.75) is 0 Å². The molecule has 0 bridgehead atoms. The van der Waals surface area contributed by atoms with Crippen LogP contribution in [0.2, 0.25) is 0 Å². The molecule has 2 amide bonds. The fourth-order valence-corrected chi connectivity index (χ4v) is 2.01. The Kier molecular flexibility index (Phi) is 2.50. The van der Waals surface area contributed by atoms with E-state index in [0.717, 1.165) is 0 Å². The topological polar surface area (TPSA) is 134 Å². The fraction of sp³-hybridized carbons (Fsp3) is 0. The summed E-state index contributed by atoms with van der Waals surface area (Å²) in [6.45, 7) is 0. The van der Waals surface area contributed by atoms with Gasteiger partial charge in [-0.2, -0.15) is 0 Å². The molecule has 100 valence electrons. The van der Waals surface area contributed by atoms with Crippen LogP contribution < -0.4 is 11.3 Å². The van der Waals surface area contributed by atoms with Crippen molar-refractivity contribution >= 4 is 33.6 Å². The van der Waals surface area contributed by atoms with E-state index in [1.807, 2.05) is 0 Å². The van der Waals surface area contributed by atoms with E-state index in [2.05, 4.69) is 15.2 Å². The smallest absolute Gasteiger partial charge is 0.356 e. The normalized spacial score (nSPS) is 11.6. The molecule has 3 rings (SSSR count). The van der Waals surface area contributed by atoms with E-state index >= 15 is 0 Å². The van der Waals surface area contributed by atoms with Crippen LogP contribution in [0.3, 0.4) is 0 Å². The Morgan fingerprint density at radius 3 is 2.85 bits per heavy atom. The highest BCUT2D eigenvalue weighted by molar-refractivity contribution is 6.10. The lowest BCUT2D eigenvalue weighted by Crippen LogP contribution is -2.03. The van der Waals surface area contributed by atoms with Gasteiger partial charge in [-0.15, -0.1) is 5.11 Å². The van der Waals surface area contributed by atoms with Crippen molar-refractivity contribution in [2.24, 2.45) is 16.0 Å². The first-order valence-corrected chi connectivity index (χ1v) is 5.55. The molecule has 0 saturated heterocycles. The maximum Gasteiger partial charge on any atom is 0.356 e. The highest BCUT2D eigenvalue weighted by atomic mass is 16.5. The second kappa shape index (κ2) is 4.19. The number of carbonyl (C=O) groups excluding carboxylic acids is 1. The van der Waals surface area contributed by atoms with Gasteiger partial charge in [-0.25, -0.2) is 4.79 Å². The first-order valence-electron chi connectivity index (χ1n) is 5.55. The van der Waals surface area contributed by atoms with E-state index in [4.69, 9.17) is 10.2 Å². The third-order valence-corrected chi connectivity index (χ3v) is 2.76. The average Bonchev–Trinajstić information content (AvgIpc) is 2.72. The molecule has 0 unspecified atom stereocenters. The lowest BCUT2D eigenvalue weighted by Gasteiger charge is -2.00. The second-order valence-electron chi connectivity index (χ2n) is 4.01. The Bertz CT molecular complexity index is 922. The molecule has 0 spiro atoms. The van der Waals surface area contributed by atoms with Crippen LogP contribution in [0.5, 0.6) is 5.95 Å². The first kappa shape index (κ1) is 11.9. The Morgan fingerprint density at radius 2 is 2.10 bits per heavy atom. The minimum Gasteiger partial charge on any atom is -0.481 e. The first-order chi connectivity index (χ1) is 9.56. The number of aromatic amines is 1. The summed E-state index contributed by atoms with van der Waals surface area (Å²) in [5.74, 6) is -0.255. The largest absolute Gasteiger partial charge is 0.481 e. The summed E-state index contributed by atoms with van der Waals surface area (Å²) in [5, 5.41) is 17.0. The third kappa shape index (κ3) is 1.79. The number of rotatable bonds is 1. The van der Waals surface area contributed by atoms with E-state index in [1.165, 1.54) is 6.07 Å². The van der Waals surface area contributed by atoms with Gasteiger partial charge in [0.25, 0.3) is 11.5 Å². The summed E-state index contributed by atoms with van der Waals surface area (Å²) in [6.07, 6.45) is 0. The van der Waals surface area contributed by atoms with Crippen LogP contribution in [0.25, 0.3) is 21.9 Å². The predicted molar refractivity (Wildman–Crippen MR) is 70.1 cm³/mol. The van der Waals surface area contributed by atoms with Crippen molar-refractivity contribution in [1.29, 1.82) is 0 Å². The van der Waals surface area contributed by atoms with Crippen molar-refractivity contribution < 1.29 is 14.3 Å². The van der Waals surface area contributed by atoms with E-state index < -0.39 is 11.6 Å². The summed E-state index contributed by atoms with van der Waals surface area (Å²) in [7, 11) is 0. The molecule has 20 heavy (non-hydrogen) atoms. The minimum atomic E-state index is -0.999. The molecule has 0 aliphatic carbocycles. The molecule has 8 heteroatoms. The zero-order valence-electron chi connectivity index (χ0n) is 9.95.